The summed E-state index contributed by atoms with van der Waals surface area (Å²) in [4.78, 5) is 0. The number of hydrogen-bond donors (Lipinski definition) is 0. The van der Waals surface area contributed by atoms with Gasteiger partial charge in [0.2, 0.25) is 0 Å². The second-order valence-corrected chi connectivity index (χ2v) is 16.5. The lowest BCUT2D eigenvalue weighted by molar-refractivity contribution is 1.38. The Hall–Kier alpha value is -7.28. The van der Waals surface area contributed by atoms with Crippen molar-refractivity contribution in [3.8, 4) is 55.6 Å². The molecule has 0 fully saturated rings. The molecule has 0 saturated heterocycles. The summed E-state index contributed by atoms with van der Waals surface area (Å²) in [6, 6.07) is 69.0. The van der Waals surface area contributed by atoms with Crippen molar-refractivity contribution in [3.63, 3.8) is 0 Å². The Morgan fingerprint density at radius 3 is 1.38 bits per heavy atom. The SMILES string of the molecule is Cc1cccc(C)c1-c1cc2ccc3ccc4c5c(cc(c1)c2c35)-c1cc2c(-c3ccc5ccccc5c3)c3ccccc3c(-c3ccc5ccccc5c3)c2cc1-4. The van der Waals surface area contributed by atoms with E-state index in [2.05, 4.69) is 196 Å². The lowest BCUT2D eigenvalue weighted by Gasteiger charge is -2.20. The molecule has 12 aromatic rings. The second kappa shape index (κ2) is 11.6. The third-order valence-corrected chi connectivity index (χ3v) is 13.3. The second-order valence-electron chi connectivity index (χ2n) is 16.5. The van der Waals surface area contributed by atoms with E-state index < -0.39 is 0 Å². The first-order valence-corrected chi connectivity index (χ1v) is 20.4. The van der Waals surface area contributed by atoms with Crippen molar-refractivity contribution < 1.29 is 0 Å². The molecule has 0 nitrogen and oxygen atoms in total. The number of fused-ring (bicyclic) bond motifs is 7. The Morgan fingerprint density at radius 1 is 0.241 bits per heavy atom. The van der Waals surface area contributed by atoms with E-state index in [9.17, 15) is 0 Å². The van der Waals surface area contributed by atoms with Crippen LogP contribution in [-0.2, 0) is 0 Å². The molecule has 0 bridgehead atoms. The molecule has 58 heavy (non-hydrogen) atoms. The van der Waals surface area contributed by atoms with Gasteiger partial charge in [0.05, 0.1) is 0 Å². The molecular formula is C58H36. The number of aryl methyl sites for hydroxylation is 2. The van der Waals surface area contributed by atoms with Crippen molar-refractivity contribution >= 4 is 75.4 Å². The Kier molecular flexibility index (Phi) is 6.39. The van der Waals surface area contributed by atoms with Crippen LogP contribution in [0.15, 0.2) is 182 Å². The van der Waals surface area contributed by atoms with Crippen molar-refractivity contribution in [2.24, 2.45) is 0 Å². The van der Waals surface area contributed by atoms with Crippen molar-refractivity contribution in [1.29, 1.82) is 0 Å². The topological polar surface area (TPSA) is 0 Å². The average Bonchev–Trinajstić information content (AvgIpc) is 3.57. The molecule has 0 saturated carbocycles. The van der Waals surface area contributed by atoms with E-state index in [1.54, 1.807) is 0 Å². The molecule has 1 aliphatic carbocycles. The van der Waals surface area contributed by atoms with E-state index in [0.29, 0.717) is 0 Å². The monoisotopic (exact) mass is 732 g/mol. The van der Waals surface area contributed by atoms with Crippen LogP contribution in [0.1, 0.15) is 11.1 Å². The molecule has 0 aliphatic heterocycles. The summed E-state index contributed by atoms with van der Waals surface area (Å²) in [6.07, 6.45) is 0. The highest BCUT2D eigenvalue weighted by Crippen LogP contribution is 2.55. The summed E-state index contributed by atoms with van der Waals surface area (Å²) in [7, 11) is 0. The molecule has 0 heteroatoms. The lowest BCUT2D eigenvalue weighted by atomic mass is 9.83. The van der Waals surface area contributed by atoms with Crippen molar-refractivity contribution in [1.82, 2.24) is 0 Å². The zero-order valence-corrected chi connectivity index (χ0v) is 32.3. The van der Waals surface area contributed by atoms with Crippen LogP contribution in [-0.4, -0.2) is 0 Å². The number of hydrogen-bond acceptors (Lipinski definition) is 0. The fourth-order valence-electron chi connectivity index (χ4n) is 10.8. The van der Waals surface area contributed by atoms with E-state index in [1.165, 1.54) is 142 Å². The molecular weight excluding hydrogens is 697 g/mol. The summed E-state index contributed by atoms with van der Waals surface area (Å²) in [5, 5.41) is 18.2. The molecule has 0 spiro atoms. The average molecular weight is 733 g/mol. The summed E-state index contributed by atoms with van der Waals surface area (Å²) >= 11 is 0. The largest absolute Gasteiger partial charge is 0.0617 e. The Bertz CT molecular complexity index is 3730. The van der Waals surface area contributed by atoms with E-state index >= 15 is 0 Å². The molecule has 0 amide bonds. The minimum absolute atomic E-state index is 1.24. The van der Waals surface area contributed by atoms with Gasteiger partial charge in [-0.25, -0.2) is 0 Å². The van der Waals surface area contributed by atoms with Crippen LogP contribution in [0.5, 0.6) is 0 Å². The quantitative estimate of drug-likeness (QED) is 0.125. The standard InChI is InChI=1S/C58H36/c1-33-10-9-11-34(2)53(33)43-28-40-23-20-37-24-25-47-48-31-51-52(32-49(48)50-30-44(29-43)54(40)57(37)58(47)50)56(42-22-19-36-13-4-6-15-39(36)27-42)46-17-8-7-16-45(46)55(51)41-21-18-35-12-3-5-14-38(35)26-41/h3-32H,1-2H3. The zero-order valence-electron chi connectivity index (χ0n) is 32.3. The Morgan fingerprint density at radius 2 is 0.741 bits per heavy atom. The van der Waals surface area contributed by atoms with Gasteiger partial charge in [-0.2, -0.15) is 0 Å². The maximum Gasteiger partial charge on any atom is -0.00137 e. The van der Waals surface area contributed by atoms with Gasteiger partial charge in [0.1, 0.15) is 0 Å². The first kappa shape index (κ1) is 31.9. The molecule has 12 aromatic carbocycles. The van der Waals surface area contributed by atoms with Crippen LogP contribution < -0.4 is 0 Å². The summed E-state index contributed by atoms with van der Waals surface area (Å²) < 4.78 is 0. The van der Waals surface area contributed by atoms with E-state index in [0.717, 1.165) is 0 Å². The maximum absolute atomic E-state index is 2.55. The maximum atomic E-state index is 2.55. The smallest absolute Gasteiger partial charge is 0.00137 e. The fourth-order valence-corrected chi connectivity index (χ4v) is 10.8. The van der Waals surface area contributed by atoms with Crippen LogP contribution in [0.4, 0.5) is 0 Å². The fraction of sp³-hybridized carbons (Fsp3) is 0.0345. The van der Waals surface area contributed by atoms with Gasteiger partial charge in [-0.1, -0.05) is 140 Å². The van der Waals surface area contributed by atoms with E-state index in [1.807, 2.05) is 0 Å². The van der Waals surface area contributed by atoms with Crippen molar-refractivity contribution in [3.05, 3.63) is 193 Å². The third-order valence-electron chi connectivity index (χ3n) is 13.3. The summed E-state index contributed by atoms with van der Waals surface area (Å²) in [5.74, 6) is 0. The number of rotatable bonds is 3. The first-order valence-electron chi connectivity index (χ1n) is 20.4. The predicted molar refractivity (Wildman–Crippen MR) is 250 cm³/mol. The van der Waals surface area contributed by atoms with Crippen molar-refractivity contribution in [2.45, 2.75) is 13.8 Å². The Labute approximate surface area is 336 Å². The highest BCUT2D eigenvalue weighted by molar-refractivity contribution is 6.34. The van der Waals surface area contributed by atoms with Crippen LogP contribution >= 0.6 is 0 Å². The zero-order chi connectivity index (χ0) is 38.2. The number of benzene rings is 12. The van der Waals surface area contributed by atoms with Gasteiger partial charge in [0.25, 0.3) is 0 Å². The molecule has 1 aliphatic rings. The molecule has 0 heterocycles. The van der Waals surface area contributed by atoms with Gasteiger partial charge in [0.15, 0.2) is 0 Å². The molecule has 0 radical (unpaired) electrons. The normalized spacial score (nSPS) is 12.3. The van der Waals surface area contributed by atoms with E-state index in [4.69, 9.17) is 0 Å². The van der Waals surface area contributed by atoms with Crippen LogP contribution in [0.2, 0.25) is 0 Å². The van der Waals surface area contributed by atoms with E-state index in [-0.39, 0.29) is 0 Å². The molecule has 0 unspecified atom stereocenters. The molecule has 0 atom stereocenters. The third kappa shape index (κ3) is 4.35. The van der Waals surface area contributed by atoms with Crippen molar-refractivity contribution in [2.75, 3.05) is 0 Å². The lowest BCUT2D eigenvalue weighted by Crippen LogP contribution is -1.92. The van der Waals surface area contributed by atoms with Gasteiger partial charge in [0, 0.05) is 0 Å². The summed E-state index contributed by atoms with van der Waals surface area (Å²) in [6.45, 7) is 4.48. The highest BCUT2D eigenvalue weighted by Gasteiger charge is 2.28. The van der Waals surface area contributed by atoms with Gasteiger partial charge < -0.3 is 0 Å². The van der Waals surface area contributed by atoms with Gasteiger partial charge in [-0.3, -0.25) is 0 Å². The summed E-state index contributed by atoms with van der Waals surface area (Å²) in [5.41, 5.74) is 15.6. The van der Waals surface area contributed by atoms with Gasteiger partial charge in [-0.15, -0.1) is 0 Å². The van der Waals surface area contributed by atoms with Gasteiger partial charge >= 0.3 is 0 Å². The first-order chi connectivity index (χ1) is 28.6. The molecule has 13 rings (SSSR count). The Balaban J connectivity index is 1.17. The molecule has 268 valence electrons. The van der Waals surface area contributed by atoms with Crippen LogP contribution in [0, 0.1) is 13.8 Å². The predicted octanol–water partition coefficient (Wildman–Crippen LogP) is 16.5. The minimum Gasteiger partial charge on any atom is -0.0617 e. The minimum atomic E-state index is 1.24. The van der Waals surface area contributed by atoms with Crippen LogP contribution in [0.3, 0.4) is 0 Å². The molecule has 0 aromatic heterocycles. The molecule has 0 N–H and O–H groups in total. The van der Waals surface area contributed by atoms with Crippen LogP contribution in [0.25, 0.3) is 131 Å². The van der Waals surface area contributed by atoms with Gasteiger partial charge in [-0.05, 0) is 198 Å². The highest BCUT2D eigenvalue weighted by atomic mass is 14.3.